The van der Waals surface area contributed by atoms with Crippen LogP contribution in [0.3, 0.4) is 0 Å². The number of carbonyl (C=O) groups is 3. The largest absolute Gasteiger partial charge is 0.467 e. The first kappa shape index (κ1) is 21.8. The summed E-state index contributed by atoms with van der Waals surface area (Å²) in [6, 6.07) is 7.15. The second-order valence-electron chi connectivity index (χ2n) is 6.54. The molecule has 0 saturated carbocycles. The summed E-state index contributed by atoms with van der Waals surface area (Å²) < 4.78 is 10.8. The van der Waals surface area contributed by atoms with Crippen LogP contribution in [0.5, 0.6) is 0 Å². The van der Waals surface area contributed by atoms with Gasteiger partial charge in [0.1, 0.15) is 6.04 Å². The zero-order valence-electron chi connectivity index (χ0n) is 16.4. The molecular weight excluding hydrogens is 380 g/mol. The van der Waals surface area contributed by atoms with Gasteiger partial charge in [-0.2, -0.15) is 0 Å². The molecule has 0 radical (unpaired) electrons. The van der Waals surface area contributed by atoms with Crippen LogP contribution in [0.2, 0.25) is 0 Å². The third-order valence-electron chi connectivity index (χ3n) is 4.46. The average Bonchev–Trinajstić information content (AvgIpc) is 3.12. The van der Waals surface area contributed by atoms with Gasteiger partial charge in [-0.05, 0) is 30.9 Å². The molecule has 0 unspecified atom stereocenters. The molecule has 8 heteroatoms. The number of nitrogens with one attached hydrogen (secondary N) is 1. The second-order valence-corrected chi connectivity index (χ2v) is 7.66. The summed E-state index contributed by atoms with van der Waals surface area (Å²) in [5.41, 5.74) is 0.961. The van der Waals surface area contributed by atoms with Crippen molar-refractivity contribution in [3.63, 3.8) is 0 Å². The number of ether oxygens (including phenoxy) is 2. The van der Waals surface area contributed by atoms with Crippen LogP contribution in [0.25, 0.3) is 10.2 Å². The van der Waals surface area contributed by atoms with Crippen LogP contribution < -0.4 is 5.32 Å². The van der Waals surface area contributed by atoms with Gasteiger partial charge in [0.05, 0.1) is 22.3 Å². The Bertz CT molecular complexity index is 787. The monoisotopic (exact) mass is 406 g/mol. The van der Waals surface area contributed by atoms with Crippen molar-refractivity contribution in [3.05, 3.63) is 29.3 Å². The molecule has 7 nitrogen and oxygen atoms in total. The summed E-state index contributed by atoms with van der Waals surface area (Å²) >= 11 is 1.61. The highest BCUT2D eigenvalue weighted by molar-refractivity contribution is 7.18. The number of nitrogens with zero attached hydrogens (tertiary/aromatic N) is 1. The van der Waals surface area contributed by atoms with Gasteiger partial charge in [-0.3, -0.25) is 9.59 Å². The Kier molecular flexibility index (Phi) is 8.38. The van der Waals surface area contributed by atoms with Gasteiger partial charge in [-0.1, -0.05) is 32.4 Å². The fraction of sp³-hybridized carbons (Fsp3) is 0.500. The van der Waals surface area contributed by atoms with Gasteiger partial charge in [-0.15, -0.1) is 11.3 Å². The predicted octanol–water partition coefficient (Wildman–Crippen LogP) is 2.87. The standard InChI is InChI=1S/C20H26N2O5S/c1-4-13(2)19(20(25)26-3)22-16(23)12-27-18(24)11-7-10-17-21-14-8-5-6-9-15(14)28-17/h5-6,8-9,13,19H,4,7,10-12H2,1-3H3,(H,22,23)/t13-,19-/m0/s1. The predicted molar refractivity (Wildman–Crippen MR) is 107 cm³/mol. The highest BCUT2D eigenvalue weighted by Crippen LogP contribution is 2.22. The van der Waals surface area contributed by atoms with Crippen LogP contribution in [0, 0.1) is 5.92 Å². The lowest BCUT2D eigenvalue weighted by atomic mass is 9.99. The maximum Gasteiger partial charge on any atom is 0.328 e. The molecule has 1 aromatic carbocycles. The van der Waals surface area contributed by atoms with E-state index in [1.54, 1.807) is 11.3 Å². The molecule has 0 saturated heterocycles. The molecule has 0 fully saturated rings. The van der Waals surface area contributed by atoms with Crippen molar-refractivity contribution in [2.45, 2.75) is 45.6 Å². The number of benzene rings is 1. The molecule has 0 bridgehead atoms. The number of fused-ring (bicyclic) bond motifs is 1. The highest BCUT2D eigenvalue weighted by atomic mass is 32.1. The number of methoxy groups -OCH3 is 1. The second kappa shape index (κ2) is 10.8. The Labute approximate surface area is 168 Å². The first-order valence-electron chi connectivity index (χ1n) is 9.31. The minimum atomic E-state index is -0.750. The van der Waals surface area contributed by atoms with Crippen molar-refractivity contribution >= 4 is 39.4 Å². The molecule has 2 aromatic rings. The summed E-state index contributed by atoms with van der Waals surface area (Å²) in [7, 11) is 1.27. The van der Waals surface area contributed by atoms with Gasteiger partial charge in [-0.25, -0.2) is 9.78 Å². The van der Waals surface area contributed by atoms with Crippen molar-refractivity contribution in [3.8, 4) is 0 Å². The fourth-order valence-electron chi connectivity index (χ4n) is 2.64. The summed E-state index contributed by atoms with van der Waals surface area (Å²) in [4.78, 5) is 40.2. The van der Waals surface area contributed by atoms with Crippen molar-refractivity contribution in [1.29, 1.82) is 0 Å². The normalized spacial score (nSPS) is 13.0. The molecule has 1 N–H and O–H groups in total. The molecule has 0 aliphatic carbocycles. The number of thiazole rings is 1. The van der Waals surface area contributed by atoms with E-state index in [1.165, 1.54) is 7.11 Å². The average molecular weight is 407 g/mol. The van der Waals surface area contributed by atoms with E-state index in [0.717, 1.165) is 15.2 Å². The number of amides is 1. The molecule has 28 heavy (non-hydrogen) atoms. The fourth-order valence-corrected chi connectivity index (χ4v) is 3.65. The number of para-hydroxylation sites is 1. The van der Waals surface area contributed by atoms with E-state index in [1.807, 2.05) is 38.1 Å². The summed E-state index contributed by atoms with van der Waals surface area (Å²) in [6.45, 7) is 3.35. The van der Waals surface area contributed by atoms with Crippen LogP contribution >= 0.6 is 11.3 Å². The van der Waals surface area contributed by atoms with Gasteiger partial charge in [0, 0.05) is 6.42 Å². The number of rotatable bonds is 10. The van der Waals surface area contributed by atoms with Crippen molar-refractivity contribution in [1.82, 2.24) is 10.3 Å². The number of esters is 2. The first-order chi connectivity index (χ1) is 13.4. The number of hydrogen-bond acceptors (Lipinski definition) is 7. The van der Waals surface area contributed by atoms with Crippen molar-refractivity contribution < 1.29 is 23.9 Å². The molecule has 152 valence electrons. The minimum absolute atomic E-state index is 0.0825. The van der Waals surface area contributed by atoms with Gasteiger partial charge in [0.15, 0.2) is 6.61 Å². The minimum Gasteiger partial charge on any atom is -0.467 e. The van der Waals surface area contributed by atoms with E-state index in [-0.39, 0.29) is 12.3 Å². The molecule has 0 aliphatic heterocycles. The maximum atomic E-state index is 12.0. The van der Waals surface area contributed by atoms with Crippen LogP contribution in [0.15, 0.2) is 24.3 Å². The van der Waals surface area contributed by atoms with Gasteiger partial charge in [0.2, 0.25) is 0 Å². The van der Waals surface area contributed by atoms with E-state index in [4.69, 9.17) is 9.47 Å². The summed E-state index contributed by atoms with van der Waals surface area (Å²) in [6.07, 6.45) is 2.18. The van der Waals surface area contributed by atoms with Gasteiger partial charge in [0.25, 0.3) is 5.91 Å². The Balaban J connectivity index is 1.72. The lowest BCUT2D eigenvalue weighted by molar-refractivity contribution is -0.151. The van der Waals surface area contributed by atoms with E-state index in [0.29, 0.717) is 19.3 Å². The number of carbonyl (C=O) groups excluding carboxylic acids is 3. The quantitative estimate of drug-likeness (QED) is 0.610. The van der Waals surface area contributed by atoms with Crippen molar-refractivity contribution in [2.24, 2.45) is 5.92 Å². The topological polar surface area (TPSA) is 94.6 Å². The Morgan fingerprint density at radius 3 is 2.68 bits per heavy atom. The molecule has 2 atom stereocenters. The van der Waals surface area contributed by atoms with E-state index < -0.39 is 30.5 Å². The Morgan fingerprint density at radius 1 is 1.25 bits per heavy atom. The lowest BCUT2D eigenvalue weighted by Crippen LogP contribution is -2.47. The number of aromatic nitrogens is 1. The summed E-state index contributed by atoms with van der Waals surface area (Å²) in [5.74, 6) is -1.56. The molecular formula is C20H26N2O5S. The maximum absolute atomic E-state index is 12.0. The molecule has 1 heterocycles. The highest BCUT2D eigenvalue weighted by Gasteiger charge is 2.26. The number of hydrogen-bond donors (Lipinski definition) is 1. The SMILES string of the molecule is CC[C@H](C)[C@H](NC(=O)COC(=O)CCCc1nc2ccccc2s1)C(=O)OC. The van der Waals surface area contributed by atoms with Crippen LogP contribution in [0.1, 0.15) is 38.1 Å². The van der Waals surface area contributed by atoms with Gasteiger partial charge >= 0.3 is 11.9 Å². The van der Waals surface area contributed by atoms with Gasteiger partial charge < -0.3 is 14.8 Å². The van der Waals surface area contributed by atoms with Crippen LogP contribution in [0.4, 0.5) is 0 Å². The molecule has 0 spiro atoms. The zero-order chi connectivity index (χ0) is 20.5. The smallest absolute Gasteiger partial charge is 0.328 e. The zero-order valence-corrected chi connectivity index (χ0v) is 17.2. The van der Waals surface area contributed by atoms with Crippen molar-refractivity contribution in [2.75, 3.05) is 13.7 Å². The van der Waals surface area contributed by atoms with E-state index in [9.17, 15) is 14.4 Å². The molecule has 0 aliphatic rings. The molecule has 1 amide bonds. The number of aryl methyl sites for hydroxylation is 1. The Morgan fingerprint density at radius 2 is 2.00 bits per heavy atom. The van der Waals surface area contributed by atoms with E-state index in [2.05, 4.69) is 10.3 Å². The summed E-state index contributed by atoms with van der Waals surface area (Å²) in [5, 5.41) is 3.54. The molecule has 1 aromatic heterocycles. The third kappa shape index (κ3) is 6.30. The van der Waals surface area contributed by atoms with Crippen LogP contribution in [-0.2, 0) is 30.3 Å². The Hall–Kier alpha value is -2.48. The first-order valence-corrected chi connectivity index (χ1v) is 10.1. The third-order valence-corrected chi connectivity index (χ3v) is 5.55. The lowest BCUT2D eigenvalue weighted by Gasteiger charge is -2.21. The van der Waals surface area contributed by atoms with Crippen LogP contribution in [-0.4, -0.2) is 42.6 Å². The van der Waals surface area contributed by atoms with E-state index >= 15 is 0 Å². The molecule has 2 rings (SSSR count).